The fourth-order valence-electron chi connectivity index (χ4n) is 2.28. The third-order valence-corrected chi connectivity index (χ3v) is 3.14. The van der Waals surface area contributed by atoms with Gasteiger partial charge < -0.3 is 15.6 Å². The number of hydrogen-bond donors (Lipinski definition) is 2. The van der Waals surface area contributed by atoms with E-state index in [2.05, 4.69) is 0 Å². The van der Waals surface area contributed by atoms with Crippen LogP contribution in [-0.2, 0) is 6.42 Å². The predicted octanol–water partition coefficient (Wildman–Crippen LogP) is 1.25. The van der Waals surface area contributed by atoms with E-state index in [9.17, 15) is 5.11 Å². The molecule has 1 aromatic carbocycles. The minimum absolute atomic E-state index is 0.275. The van der Waals surface area contributed by atoms with E-state index in [4.69, 9.17) is 10.5 Å². The highest BCUT2D eigenvalue weighted by Gasteiger charge is 2.30. The molecule has 2 unspecified atom stereocenters. The molecule has 3 heteroatoms. The van der Waals surface area contributed by atoms with Crippen LogP contribution in [0, 0.1) is 5.92 Å². The van der Waals surface area contributed by atoms with Crippen LogP contribution < -0.4 is 10.5 Å². The third kappa shape index (κ3) is 1.85. The van der Waals surface area contributed by atoms with E-state index in [1.165, 1.54) is 5.56 Å². The van der Waals surface area contributed by atoms with Gasteiger partial charge >= 0.3 is 0 Å². The Morgan fingerprint density at radius 1 is 1.53 bits per heavy atom. The van der Waals surface area contributed by atoms with Gasteiger partial charge in [0.1, 0.15) is 5.75 Å². The Bertz CT molecular complexity index is 351. The molecule has 2 rings (SSSR count). The molecule has 1 aliphatic rings. The second-order valence-corrected chi connectivity index (χ2v) is 4.05. The molecule has 0 saturated heterocycles. The van der Waals surface area contributed by atoms with E-state index in [1.54, 1.807) is 7.11 Å². The van der Waals surface area contributed by atoms with Gasteiger partial charge in [0.25, 0.3) is 0 Å². The van der Waals surface area contributed by atoms with Crippen molar-refractivity contribution in [1.29, 1.82) is 0 Å². The molecule has 15 heavy (non-hydrogen) atoms. The zero-order chi connectivity index (χ0) is 10.8. The van der Waals surface area contributed by atoms with Gasteiger partial charge in [-0.25, -0.2) is 0 Å². The zero-order valence-electron chi connectivity index (χ0n) is 8.94. The normalized spacial score (nSPS) is 23.9. The quantitative estimate of drug-likeness (QED) is 0.784. The molecule has 3 N–H and O–H groups in total. The molecule has 1 aromatic rings. The first kappa shape index (κ1) is 10.5. The maximum absolute atomic E-state index is 10.1. The zero-order valence-corrected chi connectivity index (χ0v) is 8.94. The molecule has 2 atom stereocenters. The van der Waals surface area contributed by atoms with E-state index in [0.29, 0.717) is 6.54 Å². The summed E-state index contributed by atoms with van der Waals surface area (Å²) in [7, 11) is 1.64. The molecule has 3 nitrogen and oxygen atoms in total. The van der Waals surface area contributed by atoms with Crippen LogP contribution in [0.5, 0.6) is 5.75 Å². The van der Waals surface area contributed by atoms with Crippen LogP contribution in [0.15, 0.2) is 18.2 Å². The van der Waals surface area contributed by atoms with Crippen molar-refractivity contribution in [2.75, 3.05) is 13.7 Å². The largest absolute Gasteiger partial charge is 0.497 e. The fraction of sp³-hybridized carbons (Fsp3) is 0.500. The van der Waals surface area contributed by atoms with Crippen LogP contribution in [0.2, 0.25) is 0 Å². The molecular formula is C12H17NO2. The van der Waals surface area contributed by atoms with Crippen LogP contribution in [0.25, 0.3) is 0 Å². The smallest absolute Gasteiger partial charge is 0.119 e. The van der Waals surface area contributed by atoms with Crippen LogP contribution >= 0.6 is 0 Å². The predicted molar refractivity (Wildman–Crippen MR) is 58.8 cm³/mol. The summed E-state index contributed by atoms with van der Waals surface area (Å²) < 4.78 is 5.15. The summed E-state index contributed by atoms with van der Waals surface area (Å²) >= 11 is 0. The summed E-state index contributed by atoms with van der Waals surface area (Å²) in [6.45, 7) is 0.632. The second-order valence-electron chi connectivity index (χ2n) is 4.05. The van der Waals surface area contributed by atoms with Gasteiger partial charge in [-0.2, -0.15) is 0 Å². The summed E-state index contributed by atoms with van der Waals surface area (Å²) in [5.74, 6) is 1.08. The summed E-state index contributed by atoms with van der Waals surface area (Å²) in [5.41, 5.74) is 7.76. The van der Waals surface area contributed by atoms with E-state index < -0.39 is 0 Å². The maximum atomic E-state index is 10.1. The van der Waals surface area contributed by atoms with Crippen molar-refractivity contribution < 1.29 is 9.84 Å². The highest BCUT2D eigenvalue weighted by Crippen LogP contribution is 2.39. The number of benzene rings is 1. The monoisotopic (exact) mass is 207 g/mol. The first-order chi connectivity index (χ1) is 7.26. The van der Waals surface area contributed by atoms with Crippen LogP contribution in [0.4, 0.5) is 0 Å². The van der Waals surface area contributed by atoms with Crippen molar-refractivity contribution in [3.05, 3.63) is 29.3 Å². The van der Waals surface area contributed by atoms with Gasteiger partial charge in [0.2, 0.25) is 0 Å². The van der Waals surface area contributed by atoms with E-state index in [1.807, 2.05) is 18.2 Å². The number of ether oxygens (including phenoxy) is 1. The van der Waals surface area contributed by atoms with Crippen molar-refractivity contribution in [2.24, 2.45) is 11.7 Å². The molecule has 0 bridgehead atoms. The lowest BCUT2D eigenvalue weighted by Gasteiger charge is -2.13. The van der Waals surface area contributed by atoms with Crippen LogP contribution in [-0.4, -0.2) is 18.8 Å². The molecule has 0 aliphatic heterocycles. The first-order valence-electron chi connectivity index (χ1n) is 5.31. The number of fused-ring (bicyclic) bond motifs is 1. The van der Waals surface area contributed by atoms with Gasteiger partial charge in [0.15, 0.2) is 0 Å². The first-order valence-corrected chi connectivity index (χ1v) is 5.31. The molecule has 0 saturated carbocycles. The molecule has 82 valence electrons. The topological polar surface area (TPSA) is 55.5 Å². The second kappa shape index (κ2) is 4.21. The number of aliphatic hydroxyl groups is 1. The van der Waals surface area contributed by atoms with Gasteiger partial charge in [-0.1, -0.05) is 6.07 Å². The Kier molecular flexibility index (Phi) is 2.93. The summed E-state index contributed by atoms with van der Waals surface area (Å²) in [4.78, 5) is 0. The number of aliphatic hydroxyl groups excluding tert-OH is 1. The van der Waals surface area contributed by atoms with E-state index >= 15 is 0 Å². The SMILES string of the molecule is COc1ccc2c(c1)C(O)C(CCN)C2. The summed E-state index contributed by atoms with van der Waals surface area (Å²) in [5, 5.41) is 10.1. The van der Waals surface area contributed by atoms with E-state index in [-0.39, 0.29) is 12.0 Å². The van der Waals surface area contributed by atoms with Gasteiger partial charge in [0, 0.05) is 0 Å². The molecule has 0 spiro atoms. The van der Waals surface area contributed by atoms with Crippen molar-refractivity contribution in [1.82, 2.24) is 0 Å². The Hall–Kier alpha value is -1.06. The fourth-order valence-corrected chi connectivity index (χ4v) is 2.28. The molecule has 0 radical (unpaired) electrons. The average molecular weight is 207 g/mol. The van der Waals surface area contributed by atoms with Crippen molar-refractivity contribution in [3.63, 3.8) is 0 Å². The van der Waals surface area contributed by atoms with Gasteiger partial charge in [0.05, 0.1) is 13.2 Å². The van der Waals surface area contributed by atoms with Crippen LogP contribution in [0.1, 0.15) is 23.7 Å². The maximum Gasteiger partial charge on any atom is 0.119 e. The standard InChI is InChI=1S/C12H17NO2/c1-15-10-3-2-8-6-9(4-5-13)12(14)11(8)7-10/h2-3,7,9,12,14H,4-6,13H2,1H3. The average Bonchev–Trinajstić information content (AvgIpc) is 2.56. The highest BCUT2D eigenvalue weighted by atomic mass is 16.5. The van der Waals surface area contributed by atoms with Crippen molar-refractivity contribution in [3.8, 4) is 5.75 Å². The number of methoxy groups -OCH3 is 1. The Morgan fingerprint density at radius 3 is 3.00 bits per heavy atom. The molecule has 0 amide bonds. The lowest BCUT2D eigenvalue weighted by molar-refractivity contribution is 0.119. The minimum atomic E-state index is -0.376. The Labute approximate surface area is 89.9 Å². The lowest BCUT2D eigenvalue weighted by Crippen LogP contribution is -2.12. The number of hydrogen-bond acceptors (Lipinski definition) is 3. The van der Waals surface area contributed by atoms with Crippen molar-refractivity contribution >= 4 is 0 Å². The van der Waals surface area contributed by atoms with Gasteiger partial charge in [-0.3, -0.25) is 0 Å². The number of nitrogens with two attached hydrogens (primary N) is 1. The summed E-state index contributed by atoms with van der Waals surface area (Å²) in [6, 6.07) is 5.90. The number of rotatable bonds is 3. The minimum Gasteiger partial charge on any atom is -0.497 e. The van der Waals surface area contributed by atoms with Crippen LogP contribution in [0.3, 0.4) is 0 Å². The van der Waals surface area contributed by atoms with Gasteiger partial charge in [-0.15, -0.1) is 0 Å². The van der Waals surface area contributed by atoms with Gasteiger partial charge in [-0.05, 0) is 48.6 Å². The summed E-state index contributed by atoms with van der Waals surface area (Å²) in [6.07, 6.45) is 1.43. The lowest BCUT2D eigenvalue weighted by atomic mass is 10.00. The molecule has 0 aromatic heterocycles. The third-order valence-electron chi connectivity index (χ3n) is 3.14. The molecular weight excluding hydrogens is 190 g/mol. The Morgan fingerprint density at radius 2 is 2.33 bits per heavy atom. The van der Waals surface area contributed by atoms with Crippen molar-refractivity contribution in [2.45, 2.75) is 18.9 Å². The highest BCUT2D eigenvalue weighted by molar-refractivity contribution is 5.40. The Balaban J connectivity index is 2.25. The molecule has 0 heterocycles. The van der Waals surface area contributed by atoms with E-state index in [0.717, 1.165) is 24.2 Å². The molecule has 0 fully saturated rings. The molecule has 1 aliphatic carbocycles.